The first kappa shape index (κ1) is 16.5. The summed E-state index contributed by atoms with van der Waals surface area (Å²) in [7, 11) is 0. The van der Waals surface area contributed by atoms with Gasteiger partial charge in [-0.05, 0) is 37.0 Å². The number of rotatable bonds is 9. The monoisotopic (exact) mass is 277 g/mol. The van der Waals surface area contributed by atoms with Gasteiger partial charge in [-0.3, -0.25) is 4.79 Å². The van der Waals surface area contributed by atoms with E-state index in [0.717, 1.165) is 25.0 Å². The molecule has 0 heterocycles. The molecule has 0 spiro atoms. The Bertz CT molecular complexity index is 404. The van der Waals surface area contributed by atoms with Gasteiger partial charge in [-0.2, -0.15) is 0 Å². The van der Waals surface area contributed by atoms with E-state index in [-0.39, 0.29) is 5.91 Å². The van der Waals surface area contributed by atoms with Crippen LogP contribution in [0.2, 0.25) is 0 Å². The van der Waals surface area contributed by atoms with Gasteiger partial charge in [-0.25, -0.2) is 0 Å². The summed E-state index contributed by atoms with van der Waals surface area (Å²) < 4.78 is 5.64. The van der Waals surface area contributed by atoms with Gasteiger partial charge < -0.3 is 10.1 Å². The van der Waals surface area contributed by atoms with Crippen molar-refractivity contribution in [3.8, 4) is 5.75 Å². The fourth-order valence-corrected chi connectivity index (χ4v) is 2.18. The predicted molar refractivity (Wildman–Crippen MR) is 83.0 cm³/mol. The lowest BCUT2D eigenvalue weighted by Crippen LogP contribution is -2.26. The van der Waals surface area contributed by atoms with Crippen molar-refractivity contribution in [3.63, 3.8) is 0 Å². The quantitative estimate of drug-likeness (QED) is 0.699. The smallest absolute Gasteiger partial charge is 0.220 e. The van der Waals surface area contributed by atoms with Crippen LogP contribution < -0.4 is 10.1 Å². The van der Waals surface area contributed by atoms with E-state index in [9.17, 15) is 4.79 Å². The summed E-state index contributed by atoms with van der Waals surface area (Å²) in [6.45, 7) is 7.64. The minimum absolute atomic E-state index is 0.154. The molecular weight excluding hydrogens is 250 g/mol. The molecule has 1 aromatic carbocycles. The van der Waals surface area contributed by atoms with Crippen molar-refractivity contribution in [1.29, 1.82) is 0 Å². The molecule has 1 unspecified atom stereocenters. The Balaban J connectivity index is 2.08. The largest absolute Gasteiger partial charge is 0.494 e. The summed E-state index contributed by atoms with van der Waals surface area (Å²) in [5.74, 6) is 1.53. The third kappa shape index (κ3) is 7.17. The van der Waals surface area contributed by atoms with Gasteiger partial charge in [0.15, 0.2) is 0 Å². The van der Waals surface area contributed by atoms with Gasteiger partial charge in [0, 0.05) is 13.0 Å². The summed E-state index contributed by atoms with van der Waals surface area (Å²) in [5.41, 5.74) is 1.20. The van der Waals surface area contributed by atoms with Crippen LogP contribution in [0.3, 0.4) is 0 Å². The summed E-state index contributed by atoms with van der Waals surface area (Å²) in [4.78, 5) is 11.7. The van der Waals surface area contributed by atoms with E-state index >= 15 is 0 Å². The molecule has 1 N–H and O–H groups in total. The SMILES string of the molecule is CCCC(C)CC(=O)NCCCOc1cccc(C)c1. The first-order valence-electron chi connectivity index (χ1n) is 7.58. The minimum Gasteiger partial charge on any atom is -0.494 e. The molecule has 3 nitrogen and oxygen atoms in total. The Kier molecular flexibility index (Phi) is 7.78. The summed E-state index contributed by atoms with van der Waals surface area (Å²) in [6.07, 6.45) is 3.72. The minimum atomic E-state index is 0.154. The van der Waals surface area contributed by atoms with Gasteiger partial charge in [0.1, 0.15) is 5.75 Å². The van der Waals surface area contributed by atoms with Gasteiger partial charge >= 0.3 is 0 Å². The Morgan fingerprint density at radius 2 is 2.20 bits per heavy atom. The second kappa shape index (κ2) is 9.40. The van der Waals surface area contributed by atoms with E-state index in [1.165, 1.54) is 5.56 Å². The Labute approximate surface area is 122 Å². The molecule has 0 saturated heterocycles. The maximum atomic E-state index is 11.7. The van der Waals surface area contributed by atoms with Crippen molar-refractivity contribution < 1.29 is 9.53 Å². The van der Waals surface area contributed by atoms with Crippen molar-refractivity contribution in [2.24, 2.45) is 5.92 Å². The van der Waals surface area contributed by atoms with Crippen molar-refractivity contribution in [2.45, 2.75) is 46.5 Å². The van der Waals surface area contributed by atoms with Gasteiger partial charge in [-0.15, -0.1) is 0 Å². The highest BCUT2D eigenvalue weighted by molar-refractivity contribution is 5.76. The Hall–Kier alpha value is -1.51. The fourth-order valence-electron chi connectivity index (χ4n) is 2.18. The van der Waals surface area contributed by atoms with Crippen LogP contribution in [0.5, 0.6) is 5.75 Å². The summed E-state index contributed by atoms with van der Waals surface area (Å²) >= 11 is 0. The van der Waals surface area contributed by atoms with E-state index in [4.69, 9.17) is 4.74 Å². The molecule has 1 aromatic rings. The van der Waals surface area contributed by atoms with Gasteiger partial charge in [-0.1, -0.05) is 38.8 Å². The predicted octanol–water partition coefficient (Wildman–Crippen LogP) is 3.71. The van der Waals surface area contributed by atoms with Crippen LogP contribution in [0, 0.1) is 12.8 Å². The fraction of sp³-hybridized carbons (Fsp3) is 0.588. The average molecular weight is 277 g/mol. The van der Waals surface area contributed by atoms with E-state index in [0.29, 0.717) is 25.5 Å². The zero-order chi connectivity index (χ0) is 14.8. The first-order chi connectivity index (χ1) is 9.61. The molecule has 0 aromatic heterocycles. The van der Waals surface area contributed by atoms with Gasteiger partial charge in [0.25, 0.3) is 0 Å². The number of nitrogens with one attached hydrogen (secondary N) is 1. The molecule has 1 atom stereocenters. The molecule has 112 valence electrons. The molecule has 0 saturated carbocycles. The third-order valence-corrected chi connectivity index (χ3v) is 3.22. The van der Waals surface area contributed by atoms with Crippen LogP contribution in [-0.4, -0.2) is 19.1 Å². The third-order valence-electron chi connectivity index (χ3n) is 3.22. The number of ether oxygens (including phenoxy) is 1. The van der Waals surface area contributed by atoms with E-state index in [1.54, 1.807) is 0 Å². The standard InChI is InChI=1S/C17H27NO2/c1-4-7-14(2)13-17(19)18-10-6-11-20-16-9-5-8-15(3)12-16/h5,8-9,12,14H,4,6-7,10-11,13H2,1-3H3,(H,18,19). The normalized spacial score (nSPS) is 11.9. The zero-order valence-corrected chi connectivity index (χ0v) is 12.9. The molecule has 0 radical (unpaired) electrons. The Morgan fingerprint density at radius 3 is 2.90 bits per heavy atom. The lowest BCUT2D eigenvalue weighted by Gasteiger charge is -2.11. The molecule has 1 rings (SSSR count). The lowest BCUT2D eigenvalue weighted by atomic mass is 10.0. The van der Waals surface area contributed by atoms with Crippen molar-refractivity contribution in [3.05, 3.63) is 29.8 Å². The molecule has 20 heavy (non-hydrogen) atoms. The number of amides is 1. The van der Waals surface area contributed by atoms with Crippen LogP contribution in [0.1, 0.15) is 45.1 Å². The lowest BCUT2D eigenvalue weighted by molar-refractivity contribution is -0.121. The van der Waals surface area contributed by atoms with Gasteiger partial charge in [0.05, 0.1) is 6.61 Å². The zero-order valence-electron chi connectivity index (χ0n) is 12.9. The molecule has 0 aliphatic carbocycles. The van der Waals surface area contributed by atoms with Crippen LogP contribution in [0.4, 0.5) is 0 Å². The highest BCUT2D eigenvalue weighted by Crippen LogP contribution is 2.12. The number of carbonyl (C=O) groups excluding carboxylic acids is 1. The maximum Gasteiger partial charge on any atom is 0.220 e. The average Bonchev–Trinajstić information content (AvgIpc) is 2.38. The Morgan fingerprint density at radius 1 is 1.40 bits per heavy atom. The topological polar surface area (TPSA) is 38.3 Å². The van der Waals surface area contributed by atoms with Crippen molar-refractivity contribution >= 4 is 5.91 Å². The first-order valence-corrected chi connectivity index (χ1v) is 7.58. The second-order valence-corrected chi connectivity index (χ2v) is 5.47. The van der Waals surface area contributed by atoms with E-state index < -0.39 is 0 Å². The molecule has 0 fully saturated rings. The van der Waals surface area contributed by atoms with Crippen molar-refractivity contribution in [2.75, 3.05) is 13.2 Å². The highest BCUT2D eigenvalue weighted by atomic mass is 16.5. The number of aryl methyl sites for hydroxylation is 1. The summed E-state index contributed by atoms with van der Waals surface area (Å²) in [5, 5.41) is 2.95. The molecule has 1 amide bonds. The molecule has 0 aliphatic rings. The number of carbonyl (C=O) groups is 1. The van der Waals surface area contributed by atoms with Crippen LogP contribution in [-0.2, 0) is 4.79 Å². The van der Waals surface area contributed by atoms with E-state index in [2.05, 4.69) is 19.2 Å². The summed E-state index contributed by atoms with van der Waals surface area (Å²) in [6, 6.07) is 8.01. The number of hydrogen-bond donors (Lipinski definition) is 1. The highest BCUT2D eigenvalue weighted by Gasteiger charge is 2.07. The second-order valence-electron chi connectivity index (χ2n) is 5.47. The molecular formula is C17H27NO2. The molecule has 0 bridgehead atoms. The maximum absolute atomic E-state index is 11.7. The number of benzene rings is 1. The van der Waals surface area contributed by atoms with Gasteiger partial charge in [0.2, 0.25) is 5.91 Å². The van der Waals surface area contributed by atoms with Crippen LogP contribution in [0.15, 0.2) is 24.3 Å². The van der Waals surface area contributed by atoms with Crippen LogP contribution in [0.25, 0.3) is 0 Å². The van der Waals surface area contributed by atoms with E-state index in [1.807, 2.05) is 31.2 Å². The van der Waals surface area contributed by atoms with Crippen LogP contribution >= 0.6 is 0 Å². The molecule has 0 aliphatic heterocycles. The number of hydrogen-bond acceptors (Lipinski definition) is 2. The van der Waals surface area contributed by atoms with Crippen molar-refractivity contribution in [1.82, 2.24) is 5.32 Å². The molecule has 3 heteroatoms.